The molecule has 5 nitrogen and oxygen atoms in total. The maximum absolute atomic E-state index is 12.3. The fourth-order valence-corrected chi connectivity index (χ4v) is 2.94. The first-order chi connectivity index (χ1) is 11.1. The van der Waals surface area contributed by atoms with Crippen molar-refractivity contribution >= 4 is 21.8 Å². The third-order valence-corrected chi connectivity index (χ3v) is 4.20. The fraction of sp³-hybridized carbons (Fsp3) is 0.176. The van der Waals surface area contributed by atoms with Crippen LogP contribution in [0.5, 0.6) is 0 Å². The molecular weight excluding hydrogens is 358 g/mol. The van der Waals surface area contributed by atoms with Crippen molar-refractivity contribution in [1.82, 2.24) is 15.1 Å². The SMILES string of the molecule is C[C@H](NC(=O)c1ccc(Cn2cccn2)o1)c1ccccc1Br. The van der Waals surface area contributed by atoms with Crippen LogP contribution in [0.1, 0.15) is 34.8 Å². The van der Waals surface area contributed by atoms with E-state index < -0.39 is 0 Å². The number of nitrogens with one attached hydrogen (secondary N) is 1. The molecule has 0 saturated heterocycles. The van der Waals surface area contributed by atoms with Crippen molar-refractivity contribution in [3.63, 3.8) is 0 Å². The molecule has 2 aromatic heterocycles. The van der Waals surface area contributed by atoms with Crippen molar-refractivity contribution in [2.45, 2.75) is 19.5 Å². The van der Waals surface area contributed by atoms with Crippen LogP contribution in [0.4, 0.5) is 0 Å². The van der Waals surface area contributed by atoms with E-state index in [0.717, 1.165) is 10.0 Å². The Hall–Kier alpha value is -2.34. The summed E-state index contributed by atoms with van der Waals surface area (Å²) in [4.78, 5) is 12.3. The molecule has 0 saturated carbocycles. The third-order valence-electron chi connectivity index (χ3n) is 3.48. The van der Waals surface area contributed by atoms with E-state index in [-0.39, 0.29) is 11.9 Å². The second-order valence-corrected chi connectivity index (χ2v) is 6.04. The highest BCUT2D eigenvalue weighted by atomic mass is 79.9. The molecule has 0 spiro atoms. The molecule has 3 aromatic rings. The van der Waals surface area contributed by atoms with Gasteiger partial charge in [0, 0.05) is 16.9 Å². The van der Waals surface area contributed by atoms with Gasteiger partial charge < -0.3 is 9.73 Å². The molecule has 1 amide bonds. The number of hydrogen-bond acceptors (Lipinski definition) is 3. The van der Waals surface area contributed by atoms with Gasteiger partial charge in [0.1, 0.15) is 5.76 Å². The highest BCUT2D eigenvalue weighted by molar-refractivity contribution is 9.10. The standard InChI is InChI=1S/C17H16BrN3O2/c1-12(14-5-2-3-6-15(14)18)20-17(22)16-8-7-13(23-16)11-21-10-4-9-19-21/h2-10,12H,11H2,1H3,(H,20,22)/t12-/m0/s1. The summed E-state index contributed by atoms with van der Waals surface area (Å²) in [6.07, 6.45) is 3.55. The predicted molar refractivity (Wildman–Crippen MR) is 90.1 cm³/mol. The van der Waals surface area contributed by atoms with E-state index in [1.807, 2.05) is 43.5 Å². The van der Waals surface area contributed by atoms with Crippen LogP contribution < -0.4 is 5.32 Å². The van der Waals surface area contributed by atoms with Gasteiger partial charge in [0.2, 0.25) is 0 Å². The lowest BCUT2D eigenvalue weighted by molar-refractivity contribution is 0.0909. The molecule has 1 atom stereocenters. The summed E-state index contributed by atoms with van der Waals surface area (Å²) >= 11 is 3.50. The minimum atomic E-state index is -0.236. The third kappa shape index (κ3) is 3.71. The molecule has 3 rings (SSSR count). The molecule has 0 fully saturated rings. The van der Waals surface area contributed by atoms with Crippen LogP contribution in [0.15, 0.2) is 63.7 Å². The van der Waals surface area contributed by atoms with Gasteiger partial charge in [-0.1, -0.05) is 34.1 Å². The molecule has 0 radical (unpaired) electrons. The number of furan rings is 1. The number of benzene rings is 1. The Kier molecular flexibility index (Phi) is 4.62. The Balaban J connectivity index is 1.66. The van der Waals surface area contributed by atoms with Crippen molar-refractivity contribution in [2.75, 3.05) is 0 Å². The number of carbonyl (C=O) groups excluding carboxylic acids is 1. The van der Waals surface area contributed by atoms with Gasteiger partial charge >= 0.3 is 0 Å². The normalized spacial score (nSPS) is 12.1. The summed E-state index contributed by atoms with van der Waals surface area (Å²) in [5.41, 5.74) is 1.02. The van der Waals surface area contributed by atoms with Crippen molar-refractivity contribution < 1.29 is 9.21 Å². The van der Waals surface area contributed by atoms with Gasteiger partial charge in [-0.15, -0.1) is 0 Å². The van der Waals surface area contributed by atoms with E-state index in [9.17, 15) is 4.79 Å². The molecule has 0 bridgehead atoms. The average Bonchev–Trinajstić information content (AvgIpc) is 3.20. The molecule has 118 valence electrons. The van der Waals surface area contributed by atoms with E-state index in [1.54, 1.807) is 23.0 Å². The van der Waals surface area contributed by atoms with Crippen molar-refractivity contribution in [1.29, 1.82) is 0 Å². The van der Waals surface area contributed by atoms with Crippen LogP contribution in [0.25, 0.3) is 0 Å². The first-order valence-electron chi connectivity index (χ1n) is 7.25. The summed E-state index contributed by atoms with van der Waals surface area (Å²) in [5.74, 6) is 0.749. The first kappa shape index (κ1) is 15.6. The second-order valence-electron chi connectivity index (χ2n) is 5.19. The van der Waals surface area contributed by atoms with Crippen LogP contribution in [0.2, 0.25) is 0 Å². The number of halogens is 1. The molecule has 23 heavy (non-hydrogen) atoms. The molecule has 1 aromatic carbocycles. The molecule has 0 aliphatic rings. The molecule has 6 heteroatoms. The number of carbonyl (C=O) groups is 1. The maximum Gasteiger partial charge on any atom is 0.287 e. The number of nitrogens with zero attached hydrogens (tertiary/aromatic N) is 2. The van der Waals surface area contributed by atoms with Gasteiger partial charge in [-0.2, -0.15) is 5.10 Å². The predicted octanol–water partition coefficient (Wildman–Crippen LogP) is 3.78. The Morgan fingerprint density at radius 3 is 2.87 bits per heavy atom. The van der Waals surface area contributed by atoms with Gasteiger partial charge in [-0.25, -0.2) is 0 Å². The molecule has 0 aliphatic carbocycles. The van der Waals surface area contributed by atoms with Gasteiger partial charge in [0.05, 0.1) is 12.6 Å². The molecular formula is C17H16BrN3O2. The number of aromatic nitrogens is 2. The van der Waals surface area contributed by atoms with Crippen molar-refractivity contribution in [3.05, 3.63) is 76.4 Å². The highest BCUT2D eigenvalue weighted by Gasteiger charge is 2.16. The summed E-state index contributed by atoms with van der Waals surface area (Å²) in [6.45, 7) is 2.44. The zero-order chi connectivity index (χ0) is 16.2. The first-order valence-corrected chi connectivity index (χ1v) is 8.04. The van der Waals surface area contributed by atoms with Crippen molar-refractivity contribution in [2.24, 2.45) is 0 Å². The minimum absolute atomic E-state index is 0.127. The Bertz CT molecular complexity index is 796. The van der Waals surface area contributed by atoms with Crippen LogP contribution >= 0.6 is 15.9 Å². The fourth-order valence-electron chi connectivity index (χ4n) is 2.31. The molecule has 0 unspecified atom stereocenters. The van der Waals surface area contributed by atoms with Gasteiger partial charge in [0.25, 0.3) is 5.91 Å². The Morgan fingerprint density at radius 2 is 2.13 bits per heavy atom. The zero-order valence-corrected chi connectivity index (χ0v) is 14.2. The highest BCUT2D eigenvalue weighted by Crippen LogP contribution is 2.23. The lowest BCUT2D eigenvalue weighted by atomic mass is 10.1. The number of amides is 1. The van der Waals surface area contributed by atoms with Crippen LogP contribution in [-0.2, 0) is 6.54 Å². The molecule has 0 aliphatic heterocycles. The van der Waals surface area contributed by atoms with Crippen LogP contribution in [-0.4, -0.2) is 15.7 Å². The molecule has 2 heterocycles. The van der Waals surface area contributed by atoms with E-state index in [2.05, 4.69) is 26.3 Å². The maximum atomic E-state index is 12.3. The van der Waals surface area contributed by atoms with E-state index in [0.29, 0.717) is 18.1 Å². The largest absolute Gasteiger partial charge is 0.454 e. The van der Waals surface area contributed by atoms with Crippen molar-refractivity contribution in [3.8, 4) is 0 Å². The minimum Gasteiger partial charge on any atom is -0.454 e. The number of hydrogen-bond donors (Lipinski definition) is 1. The Labute approximate surface area is 142 Å². The van der Waals surface area contributed by atoms with E-state index in [4.69, 9.17) is 4.42 Å². The Morgan fingerprint density at radius 1 is 1.30 bits per heavy atom. The molecule has 1 N–H and O–H groups in total. The van der Waals surface area contributed by atoms with Gasteiger partial charge in [-0.3, -0.25) is 9.48 Å². The smallest absolute Gasteiger partial charge is 0.287 e. The van der Waals surface area contributed by atoms with Gasteiger partial charge in [-0.05, 0) is 36.8 Å². The quantitative estimate of drug-likeness (QED) is 0.740. The average molecular weight is 374 g/mol. The number of rotatable bonds is 5. The summed E-state index contributed by atoms with van der Waals surface area (Å²) in [7, 11) is 0. The summed E-state index contributed by atoms with van der Waals surface area (Å²) in [6, 6.07) is 13.0. The van der Waals surface area contributed by atoms with E-state index >= 15 is 0 Å². The summed E-state index contributed by atoms with van der Waals surface area (Å²) in [5, 5.41) is 7.05. The van der Waals surface area contributed by atoms with Crippen LogP contribution in [0.3, 0.4) is 0 Å². The topological polar surface area (TPSA) is 60.1 Å². The van der Waals surface area contributed by atoms with E-state index in [1.165, 1.54) is 0 Å². The van der Waals surface area contributed by atoms with Gasteiger partial charge in [0.15, 0.2) is 5.76 Å². The zero-order valence-electron chi connectivity index (χ0n) is 12.6. The second kappa shape index (κ2) is 6.83. The van der Waals surface area contributed by atoms with Crippen LogP contribution in [0, 0.1) is 0 Å². The monoisotopic (exact) mass is 373 g/mol. The lowest BCUT2D eigenvalue weighted by Gasteiger charge is -2.14. The lowest BCUT2D eigenvalue weighted by Crippen LogP contribution is -2.26. The summed E-state index contributed by atoms with van der Waals surface area (Å²) < 4.78 is 8.31.